The quantitative estimate of drug-likeness (QED) is 0.383. The third kappa shape index (κ3) is 5.88. The number of para-hydroxylation sites is 1. The summed E-state index contributed by atoms with van der Waals surface area (Å²) >= 11 is 0. The monoisotopic (exact) mass is 462 g/mol. The molecule has 7 nitrogen and oxygen atoms in total. The molecule has 2 N–H and O–H groups in total. The predicted octanol–water partition coefficient (Wildman–Crippen LogP) is 4.44. The maximum atomic E-state index is 12.6. The van der Waals surface area contributed by atoms with E-state index in [1.54, 1.807) is 30.3 Å². The number of benzene rings is 3. The molecule has 0 aliphatic carbocycles. The molecular weight excluding hydrogens is 440 g/mol. The smallest absolute Gasteiger partial charge is 0.262 e. The van der Waals surface area contributed by atoms with Crippen molar-refractivity contribution in [3.63, 3.8) is 0 Å². The minimum Gasteiger partial charge on any atom is -0.483 e. The highest BCUT2D eigenvalue weighted by atomic mass is 32.2. The van der Waals surface area contributed by atoms with Gasteiger partial charge in [0.25, 0.3) is 5.91 Å². The van der Waals surface area contributed by atoms with Crippen LogP contribution in [0.2, 0.25) is 0 Å². The van der Waals surface area contributed by atoms with E-state index < -0.39 is 15.9 Å². The van der Waals surface area contributed by atoms with Crippen LogP contribution in [-0.2, 0) is 21.4 Å². The third-order valence-corrected chi connectivity index (χ3v) is 6.17. The maximum Gasteiger partial charge on any atom is 0.262 e. The molecule has 0 spiro atoms. The minimum absolute atomic E-state index is 0.0284. The normalized spacial score (nSPS) is 11.2. The van der Waals surface area contributed by atoms with Crippen LogP contribution in [0.3, 0.4) is 0 Å². The number of hydrogen-bond donors (Lipinski definition) is 2. The van der Waals surface area contributed by atoms with Crippen molar-refractivity contribution in [2.24, 2.45) is 0 Å². The van der Waals surface area contributed by atoms with Crippen molar-refractivity contribution in [3.05, 3.63) is 103 Å². The van der Waals surface area contributed by atoms with E-state index in [2.05, 4.69) is 10.0 Å². The van der Waals surface area contributed by atoms with Crippen molar-refractivity contribution in [1.29, 1.82) is 0 Å². The van der Waals surface area contributed by atoms with Gasteiger partial charge in [-0.25, -0.2) is 13.1 Å². The zero-order valence-electron chi connectivity index (χ0n) is 17.6. The van der Waals surface area contributed by atoms with Gasteiger partial charge in [-0.2, -0.15) is 0 Å². The highest BCUT2D eigenvalue weighted by molar-refractivity contribution is 7.89. The SMILES string of the molecule is O=C(COc1ccccc1-c1ccccc1)Nc1cccc(S(=O)(=O)NCc2ccco2)c1. The summed E-state index contributed by atoms with van der Waals surface area (Å²) in [4.78, 5) is 12.5. The van der Waals surface area contributed by atoms with Crippen LogP contribution in [0.15, 0.2) is 107 Å². The summed E-state index contributed by atoms with van der Waals surface area (Å²) in [5.74, 6) is 0.671. The van der Waals surface area contributed by atoms with Crippen LogP contribution in [0.5, 0.6) is 5.75 Å². The molecule has 0 atom stereocenters. The fraction of sp³-hybridized carbons (Fsp3) is 0.0800. The van der Waals surface area contributed by atoms with Gasteiger partial charge in [0.05, 0.1) is 17.7 Å². The molecule has 0 saturated carbocycles. The second-order valence-electron chi connectivity index (χ2n) is 7.13. The van der Waals surface area contributed by atoms with Gasteiger partial charge in [0.15, 0.2) is 6.61 Å². The van der Waals surface area contributed by atoms with E-state index in [-0.39, 0.29) is 18.0 Å². The Morgan fingerprint density at radius 1 is 0.879 bits per heavy atom. The van der Waals surface area contributed by atoms with Crippen LogP contribution in [0.25, 0.3) is 11.1 Å². The lowest BCUT2D eigenvalue weighted by Gasteiger charge is -2.12. The summed E-state index contributed by atoms with van der Waals surface area (Å²) in [5, 5.41) is 2.68. The van der Waals surface area contributed by atoms with E-state index >= 15 is 0 Å². The molecule has 8 heteroatoms. The molecule has 1 aromatic heterocycles. The first-order chi connectivity index (χ1) is 16.0. The Hall–Kier alpha value is -3.88. The predicted molar refractivity (Wildman–Crippen MR) is 125 cm³/mol. The van der Waals surface area contributed by atoms with Crippen LogP contribution in [-0.4, -0.2) is 20.9 Å². The number of carbonyl (C=O) groups is 1. The molecule has 1 amide bonds. The van der Waals surface area contributed by atoms with Crippen molar-refractivity contribution in [2.75, 3.05) is 11.9 Å². The van der Waals surface area contributed by atoms with Crippen LogP contribution >= 0.6 is 0 Å². The number of rotatable bonds is 9. The van der Waals surface area contributed by atoms with Crippen LogP contribution < -0.4 is 14.8 Å². The van der Waals surface area contributed by atoms with Crippen LogP contribution in [0.1, 0.15) is 5.76 Å². The zero-order valence-corrected chi connectivity index (χ0v) is 18.4. The Morgan fingerprint density at radius 2 is 1.67 bits per heavy atom. The first-order valence-corrected chi connectivity index (χ1v) is 11.7. The van der Waals surface area contributed by atoms with E-state index in [1.807, 2.05) is 48.5 Å². The molecule has 1 heterocycles. The molecule has 4 aromatic rings. The van der Waals surface area contributed by atoms with Crippen molar-refractivity contribution in [3.8, 4) is 16.9 Å². The molecular formula is C25H22N2O5S. The van der Waals surface area contributed by atoms with Gasteiger partial charge in [0, 0.05) is 11.3 Å². The van der Waals surface area contributed by atoms with E-state index in [0.29, 0.717) is 17.2 Å². The Kier molecular flexibility index (Phi) is 6.87. The van der Waals surface area contributed by atoms with E-state index in [4.69, 9.17) is 9.15 Å². The summed E-state index contributed by atoms with van der Waals surface area (Å²) in [6, 6.07) is 26.6. The Morgan fingerprint density at radius 3 is 2.45 bits per heavy atom. The van der Waals surface area contributed by atoms with Gasteiger partial charge in [-0.05, 0) is 42.0 Å². The molecule has 0 fully saturated rings. The topological polar surface area (TPSA) is 97.6 Å². The third-order valence-electron chi connectivity index (χ3n) is 4.78. The number of hydrogen-bond acceptors (Lipinski definition) is 5. The van der Waals surface area contributed by atoms with Gasteiger partial charge >= 0.3 is 0 Å². The number of anilines is 1. The van der Waals surface area contributed by atoms with Crippen molar-refractivity contribution in [2.45, 2.75) is 11.4 Å². The van der Waals surface area contributed by atoms with Crippen molar-refractivity contribution >= 4 is 21.6 Å². The lowest BCUT2D eigenvalue weighted by Crippen LogP contribution is -2.24. The highest BCUT2D eigenvalue weighted by Crippen LogP contribution is 2.29. The van der Waals surface area contributed by atoms with Crippen molar-refractivity contribution < 1.29 is 22.4 Å². The van der Waals surface area contributed by atoms with Crippen molar-refractivity contribution in [1.82, 2.24) is 4.72 Å². The maximum absolute atomic E-state index is 12.6. The van der Waals surface area contributed by atoms with Gasteiger partial charge in [0.1, 0.15) is 11.5 Å². The fourth-order valence-corrected chi connectivity index (χ4v) is 4.23. The number of ether oxygens (including phenoxy) is 1. The van der Waals surface area contributed by atoms with Gasteiger partial charge in [-0.15, -0.1) is 0 Å². The van der Waals surface area contributed by atoms with Gasteiger partial charge < -0.3 is 14.5 Å². The van der Waals surface area contributed by atoms with Gasteiger partial charge in [-0.1, -0.05) is 54.6 Å². The van der Waals surface area contributed by atoms with Gasteiger partial charge in [0.2, 0.25) is 10.0 Å². The molecule has 0 aliphatic rings. The Labute approximate surface area is 192 Å². The van der Waals surface area contributed by atoms with Gasteiger partial charge in [-0.3, -0.25) is 4.79 Å². The molecule has 33 heavy (non-hydrogen) atoms. The molecule has 0 aliphatic heterocycles. The molecule has 0 saturated heterocycles. The molecule has 0 bridgehead atoms. The molecule has 168 valence electrons. The number of amides is 1. The molecule has 0 unspecified atom stereocenters. The largest absolute Gasteiger partial charge is 0.483 e. The average molecular weight is 463 g/mol. The lowest BCUT2D eigenvalue weighted by atomic mass is 10.1. The number of nitrogens with one attached hydrogen (secondary N) is 2. The average Bonchev–Trinajstić information content (AvgIpc) is 3.36. The second-order valence-corrected chi connectivity index (χ2v) is 8.90. The number of carbonyl (C=O) groups excluding carboxylic acids is 1. The highest BCUT2D eigenvalue weighted by Gasteiger charge is 2.16. The summed E-state index contributed by atoms with van der Waals surface area (Å²) in [6.45, 7) is -0.196. The lowest BCUT2D eigenvalue weighted by molar-refractivity contribution is -0.118. The van der Waals surface area contributed by atoms with E-state index in [1.165, 1.54) is 18.4 Å². The first-order valence-electron chi connectivity index (χ1n) is 10.2. The van der Waals surface area contributed by atoms with E-state index in [9.17, 15) is 13.2 Å². The first kappa shape index (κ1) is 22.3. The number of furan rings is 1. The Balaban J connectivity index is 1.39. The fourth-order valence-electron chi connectivity index (χ4n) is 3.19. The molecule has 4 rings (SSSR count). The molecule has 3 aromatic carbocycles. The van der Waals surface area contributed by atoms with E-state index in [0.717, 1.165) is 11.1 Å². The minimum atomic E-state index is -3.78. The standard InChI is InChI=1S/C25H22N2O5S/c28-25(18-32-24-14-5-4-13-23(24)19-8-2-1-3-9-19)27-20-10-6-12-22(16-20)33(29,30)26-17-21-11-7-15-31-21/h1-16,26H,17-18H2,(H,27,28). The zero-order chi connectivity index (χ0) is 23.1. The summed E-state index contributed by atoms with van der Waals surface area (Å²) in [6.07, 6.45) is 1.47. The summed E-state index contributed by atoms with van der Waals surface area (Å²) < 4.78 is 38.5. The second kappa shape index (κ2) is 10.2. The van der Waals surface area contributed by atoms with Crippen LogP contribution in [0, 0.1) is 0 Å². The summed E-state index contributed by atoms with van der Waals surface area (Å²) in [5.41, 5.74) is 2.20. The molecule has 0 radical (unpaired) electrons. The van der Waals surface area contributed by atoms with Crippen LogP contribution in [0.4, 0.5) is 5.69 Å². The summed E-state index contributed by atoms with van der Waals surface area (Å²) in [7, 11) is -3.78. The Bertz CT molecular complexity index is 1320. The number of sulfonamides is 1.